The Hall–Kier alpha value is -2.36. The third-order valence-electron chi connectivity index (χ3n) is 4.99. The Morgan fingerprint density at radius 2 is 2.07 bits per heavy atom. The van der Waals surface area contributed by atoms with E-state index in [1.807, 2.05) is 6.07 Å². The van der Waals surface area contributed by atoms with Gasteiger partial charge in [-0.1, -0.05) is 16.8 Å². The lowest BCUT2D eigenvalue weighted by Crippen LogP contribution is -2.29. The molecule has 1 aliphatic rings. The summed E-state index contributed by atoms with van der Waals surface area (Å²) in [6.07, 6.45) is 0.699. The highest BCUT2D eigenvalue weighted by atomic mass is 35.5. The van der Waals surface area contributed by atoms with Gasteiger partial charge >= 0.3 is 0 Å². The minimum atomic E-state index is -3.64. The van der Waals surface area contributed by atoms with Crippen LogP contribution >= 0.6 is 11.6 Å². The van der Waals surface area contributed by atoms with E-state index in [1.54, 1.807) is 38.1 Å². The van der Waals surface area contributed by atoms with E-state index >= 15 is 0 Å². The SMILES string of the molecule is Cc1noc(C)c1S(=O)(=O)N1CC[C@H](c2cc(COc3ccc(Cl)cc3)[nH]n2)C1. The molecular weight excluding hydrogens is 416 g/mol. The molecule has 154 valence electrons. The molecular formula is C19H21ClN4O4S. The molecule has 8 nitrogen and oxygen atoms in total. The van der Waals surface area contributed by atoms with Crippen LogP contribution in [0, 0.1) is 13.8 Å². The van der Waals surface area contributed by atoms with Crippen molar-refractivity contribution in [2.75, 3.05) is 13.1 Å². The highest BCUT2D eigenvalue weighted by Gasteiger charge is 2.37. The molecule has 0 unspecified atom stereocenters. The number of H-pyrrole nitrogens is 1. The lowest BCUT2D eigenvalue weighted by Gasteiger charge is -2.15. The van der Waals surface area contributed by atoms with E-state index in [-0.39, 0.29) is 10.8 Å². The van der Waals surface area contributed by atoms with Gasteiger partial charge < -0.3 is 9.26 Å². The van der Waals surface area contributed by atoms with Gasteiger partial charge in [0.05, 0.1) is 11.4 Å². The van der Waals surface area contributed by atoms with E-state index in [1.165, 1.54) is 4.31 Å². The largest absolute Gasteiger partial charge is 0.487 e. The Balaban J connectivity index is 1.41. The number of aryl methyl sites for hydroxylation is 2. The summed E-state index contributed by atoms with van der Waals surface area (Å²) in [4.78, 5) is 0.164. The van der Waals surface area contributed by atoms with Gasteiger partial charge in [0, 0.05) is 24.0 Å². The van der Waals surface area contributed by atoms with Crippen LogP contribution in [0.25, 0.3) is 0 Å². The van der Waals surface area contributed by atoms with Crippen molar-refractivity contribution in [3.05, 3.63) is 58.2 Å². The summed E-state index contributed by atoms with van der Waals surface area (Å²) in [7, 11) is -3.64. The van der Waals surface area contributed by atoms with Crippen molar-refractivity contribution in [3.8, 4) is 5.75 Å². The zero-order valence-corrected chi connectivity index (χ0v) is 17.6. The second-order valence-electron chi connectivity index (χ2n) is 7.06. The minimum absolute atomic E-state index is 0.0192. The van der Waals surface area contributed by atoms with Crippen molar-refractivity contribution < 1.29 is 17.7 Å². The number of benzene rings is 1. The standard InChI is InChI=1S/C19H21ClN4O4S/c1-12-19(13(2)28-23-12)29(25,26)24-8-7-14(10-24)18-9-16(21-22-18)11-27-17-5-3-15(20)4-6-17/h3-6,9,14H,7-8,10-11H2,1-2H3,(H,21,22)/t14-/m0/s1. The van der Waals surface area contributed by atoms with Crippen LogP contribution in [0.1, 0.15) is 35.2 Å². The molecule has 1 fully saturated rings. The zero-order chi connectivity index (χ0) is 20.6. The Bertz CT molecular complexity index is 1090. The maximum atomic E-state index is 13.0. The van der Waals surface area contributed by atoms with E-state index in [4.69, 9.17) is 20.9 Å². The molecule has 1 N–H and O–H groups in total. The number of halogens is 1. The van der Waals surface area contributed by atoms with Gasteiger partial charge in [-0.25, -0.2) is 8.42 Å². The number of nitrogens with one attached hydrogen (secondary N) is 1. The van der Waals surface area contributed by atoms with Gasteiger partial charge in [-0.15, -0.1) is 0 Å². The molecule has 0 radical (unpaired) electrons. The van der Waals surface area contributed by atoms with E-state index in [0.717, 1.165) is 11.4 Å². The van der Waals surface area contributed by atoms with Crippen LogP contribution in [0.4, 0.5) is 0 Å². The summed E-state index contributed by atoms with van der Waals surface area (Å²) in [6.45, 7) is 4.39. The van der Waals surface area contributed by atoms with Crippen LogP contribution in [0.2, 0.25) is 5.02 Å². The second kappa shape index (κ2) is 7.81. The molecule has 3 aromatic rings. The highest BCUT2D eigenvalue weighted by molar-refractivity contribution is 7.89. The number of aromatic nitrogens is 3. The van der Waals surface area contributed by atoms with Crippen molar-refractivity contribution in [2.24, 2.45) is 0 Å². The van der Waals surface area contributed by atoms with Crippen molar-refractivity contribution in [2.45, 2.75) is 37.7 Å². The molecule has 1 aromatic carbocycles. The number of hydrogen-bond donors (Lipinski definition) is 1. The van der Waals surface area contributed by atoms with E-state index in [2.05, 4.69) is 15.4 Å². The topological polar surface area (TPSA) is 101 Å². The first-order valence-corrected chi connectivity index (χ1v) is 11.0. The van der Waals surface area contributed by atoms with Gasteiger partial charge in [0.15, 0.2) is 5.76 Å². The average molecular weight is 437 g/mol. The molecule has 0 bridgehead atoms. The predicted molar refractivity (Wildman–Crippen MR) is 106 cm³/mol. The van der Waals surface area contributed by atoms with Crippen molar-refractivity contribution in [1.82, 2.24) is 19.7 Å². The first-order chi connectivity index (χ1) is 13.8. The summed E-state index contributed by atoms with van der Waals surface area (Å²) in [5.41, 5.74) is 2.03. The van der Waals surface area contributed by atoms with Gasteiger partial charge in [0.2, 0.25) is 10.0 Å². The number of hydrogen-bond acceptors (Lipinski definition) is 6. The number of rotatable bonds is 6. The Morgan fingerprint density at radius 1 is 1.31 bits per heavy atom. The molecule has 0 spiro atoms. The molecule has 1 saturated heterocycles. The molecule has 10 heteroatoms. The van der Waals surface area contributed by atoms with Crippen molar-refractivity contribution >= 4 is 21.6 Å². The Kier molecular flexibility index (Phi) is 5.37. The normalized spacial score (nSPS) is 17.7. The fourth-order valence-electron chi connectivity index (χ4n) is 3.51. The lowest BCUT2D eigenvalue weighted by molar-refractivity contribution is 0.301. The quantitative estimate of drug-likeness (QED) is 0.635. The maximum absolute atomic E-state index is 13.0. The van der Waals surface area contributed by atoms with Gasteiger partial charge in [0.1, 0.15) is 22.9 Å². The van der Waals surface area contributed by atoms with Crippen LogP contribution in [0.15, 0.2) is 39.8 Å². The first-order valence-electron chi connectivity index (χ1n) is 9.20. The maximum Gasteiger partial charge on any atom is 0.248 e. The third kappa shape index (κ3) is 4.03. The molecule has 0 saturated carbocycles. The van der Waals surface area contributed by atoms with Gasteiger partial charge in [-0.2, -0.15) is 9.40 Å². The van der Waals surface area contributed by atoms with E-state index < -0.39 is 10.0 Å². The Labute approximate surface area is 173 Å². The van der Waals surface area contributed by atoms with Crippen molar-refractivity contribution in [1.29, 1.82) is 0 Å². The summed E-state index contributed by atoms with van der Waals surface area (Å²) in [5.74, 6) is 1.04. The fourth-order valence-corrected chi connectivity index (χ4v) is 5.43. The zero-order valence-electron chi connectivity index (χ0n) is 16.1. The van der Waals surface area contributed by atoms with Gasteiger partial charge in [-0.3, -0.25) is 5.10 Å². The molecule has 0 amide bonds. The summed E-state index contributed by atoms with van der Waals surface area (Å²) < 4.78 is 38.2. The van der Waals surface area contributed by atoms with Gasteiger partial charge in [-0.05, 0) is 50.6 Å². The van der Waals surface area contributed by atoms with Crippen molar-refractivity contribution in [3.63, 3.8) is 0 Å². The monoisotopic (exact) mass is 436 g/mol. The average Bonchev–Trinajstić information content (AvgIpc) is 3.41. The van der Waals surface area contributed by atoms with E-state index in [0.29, 0.717) is 48.3 Å². The Morgan fingerprint density at radius 3 is 2.76 bits per heavy atom. The summed E-state index contributed by atoms with van der Waals surface area (Å²) in [5, 5.41) is 11.7. The molecule has 0 aliphatic carbocycles. The molecule has 4 rings (SSSR count). The summed E-state index contributed by atoms with van der Waals surface area (Å²) >= 11 is 5.87. The van der Waals surface area contributed by atoms with Crippen LogP contribution in [0.3, 0.4) is 0 Å². The highest BCUT2D eigenvalue weighted by Crippen LogP contribution is 2.32. The predicted octanol–water partition coefficient (Wildman–Crippen LogP) is 3.43. The van der Waals surface area contributed by atoms with Crippen LogP contribution in [0.5, 0.6) is 5.75 Å². The lowest BCUT2D eigenvalue weighted by atomic mass is 10.1. The van der Waals surface area contributed by atoms with Crippen LogP contribution in [-0.2, 0) is 16.6 Å². The number of ether oxygens (including phenoxy) is 1. The smallest absolute Gasteiger partial charge is 0.248 e. The molecule has 1 atom stereocenters. The first kappa shape index (κ1) is 19.9. The fraction of sp³-hybridized carbons (Fsp3) is 0.368. The number of sulfonamides is 1. The molecule has 29 heavy (non-hydrogen) atoms. The number of aromatic amines is 1. The third-order valence-corrected chi connectivity index (χ3v) is 7.36. The molecule has 1 aliphatic heterocycles. The molecule has 3 heterocycles. The van der Waals surface area contributed by atoms with E-state index in [9.17, 15) is 8.42 Å². The molecule has 2 aromatic heterocycles. The van der Waals surface area contributed by atoms with Crippen LogP contribution in [-0.4, -0.2) is 41.2 Å². The minimum Gasteiger partial charge on any atom is -0.487 e. The van der Waals surface area contributed by atoms with Crippen LogP contribution < -0.4 is 4.74 Å². The second-order valence-corrected chi connectivity index (χ2v) is 9.37. The summed E-state index contributed by atoms with van der Waals surface area (Å²) in [6, 6.07) is 9.05. The van der Waals surface area contributed by atoms with Gasteiger partial charge in [0.25, 0.3) is 0 Å². The number of nitrogens with zero attached hydrogens (tertiary/aromatic N) is 3.